The van der Waals surface area contributed by atoms with Crippen molar-refractivity contribution in [1.82, 2.24) is 4.31 Å². The number of hydrogen-bond donors (Lipinski definition) is 1. The molecule has 1 aliphatic heterocycles. The Labute approximate surface area is 85.6 Å². The van der Waals surface area contributed by atoms with Gasteiger partial charge in [-0.2, -0.15) is 4.31 Å². The van der Waals surface area contributed by atoms with Crippen LogP contribution in [0.3, 0.4) is 0 Å². The first-order valence-electron chi connectivity index (χ1n) is 4.13. The molecule has 15 heavy (non-hydrogen) atoms. The van der Waals surface area contributed by atoms with E-state index >= 15 is 0 Å². The third-order valence-corrected chi connectivity index (χ3v) is 4.07. The molecule has 0 spiro atoms. The van der Waals surface area contributed by atoms with E-state index in [1.165, 1.54) is 7.05 Å². The molecule has 1 N–H and O–H groups in total. The molecule has 1 heterocycles. The van der Waals surface area contributed by atoms with Crippen molar-refractivity contribution >= 4 is 15.7 Å². The van der Waals surface area contributed by atoms with Gasteiger partial charge in [-0.25, -0.2) is 17.2 Å². The fraction of sp³-hybridized carbons (Fsp3) is 0.250. The van der Waals surface area contributed by atoms with Crippen molar-refractivity contribution in [3.8, 4) is 0 Å². The van der Waals surface area contributed by atoms with Crippen LogP contribution in [0.4, 0.5) is 14.5 Å². The molecule has 1 aromatic carbocycles. The van der Waals surface area contributed by atoms with Gasteiger partial charge in [0, 0.05) is 7.05 Å². The zero-order valence-electron chi connectivity index (χ0n) is 7.79. The highest BCUT2D eigenvalue weighted by molar-refractivity contribution is 7.89. The van der Waals surface area contributed by atoms with Crippen LogP contribution in [0, 0.1) is 11.6 Å². The summed E-state index contributed by atoms with van der Waals surface area (Å²) in [5.41, 5.74) is -0.298. The van der Waals surface area contributed by atoms with Gasteiger partial charge in [-0.05, 0) is 12.1 Å². The molecule has 0 fully saturated rings. The first kappa shape index (κ1) is 10.3. The topological polar surface area (TPSA) is 49.4 Å². The molecule has 0 amide bonds. The van der Waals surface area contributed by atoms with Crippen molar-refractivity contribution in [2.75, 3.05) is 19.0 Å². The van der Waals surface area contributed by atoms with E-state index in [1.54, 1.807) is 0 Å². The van der Waals surface area contributed by atoms with Gasteiger partial charge < -0.3 is 5.32 Å². The lowest BCUT2D eigenvalue weighted by Crippen LogP contribution is -2.37. The normalized spacial score (nSPS) is 19.4. The van der Waals surface area contributed by atoms with Crippen LogP contribution in [0.1, 0.15) is 0 Å². The van der Waals surface area contributed by atoms with Crippen molar-refractivity contribution in [3.63, 3.8) is 0 Å². The third-order valence-electron chi connectivity index (χ3n) is 2.22. The number of sulfonamides is 1. The van der Waals surface area contributed by atoms with E-state index in [0.717, 1.165) is 16.4 Å². The lowest BCUT2D eigenvalue weighted by molar-refractivity contribution is 0.468. The molecule has 0 saturated carbocycles. The molecule has 0 saturated heterocycles. The van der Waals surface area contributed by atoms with Gasteiger partial charge in [-0.15, -0.1) is 0 Å². The molecule has 4 nitrogen and oxygen atoms in total. The van der Waals surface area contributed by atoms with Gasteiger partial charge in [-0.1, -0.05) is 0 Å². The van der Waals surface area contributed by atoms with Crippen LogP contribution in [0.25, 0.3) is 0 Å². The van der Waals surface area contributed by atoms with E-state index < -0.39 is 21.7 Å². The van der Waals surface area contributed by atoms with E-state index in [0.29, 0.717) is 0 Å². The third kappa shape index (κ3) is 1.38. The van der Waals surface area contributed by atoms with E-state index in [9.17, 15) is 17.2 Å². The maximum Gasteiger partial charge on any atom is 0.246 e. The Morgan fingerprint density at radius 2 is 2.07 bits per heavy atom. The Morgan fingerprint density at radius 1 is 1.40 bits per heavy atom. The zero-order chi connectivity index (χ0) is 11.2. The van der Waals surface area contributed by atoms with Crippen LogP contribution in [0.5, 0.6) is 0 Å². The Morgan fingerprint density at radius 3 is 2.73 bits per heavy atom. The molecule has 1 aromatic rings. The minimum absolute atomic E-state index is 0.0737. The van der Waals surface area contributed by atoms with Gasteiger partial charge in [0.15, 0.2) is 11.6 Å². The number of nitrogens with zero attached hydrogens (tertiary/aromatic N) is 1. The molecule has 0 atom stereocenters. The van der Waals surface area contributed by atoms with Crippen LogP contribution in [0.2, 0.25) is 0 Å². The number of rotatable bonds is 0. The van der Waals surface area contributed by atoms with Crippen molar-refractivity contribution in [3.05, 3.63) is 23.8 Å². The summed E-state index contributed by atoms with van der Waals surface area (Å²) in [5, 5.41) is 2.51. The zero-order valence-corrected chi connectivity index (χ0v) is 8.61. The summed E-state index contributed by atoms with van der Waals surface area (Å²) in [7, 11) is -2.34. The number of halogens is 2. The molecule has 1 aliphatic rings. The van der Waals surface area contributed by atoms with Crippen molar-refractivity contribution in [2.45, 2.75) is 4.90 Å². The van der Waals surface area contributed by atoms with Crippen molar-refractivity contribution in [1.29, 1.82) is 0 Å². The Balaban J connectivity index is 2.74. The fourth-order valence-corrected chi connectivity index (χ4v) is 2.59. The molecular weight excluding hydrogens is 226 g/mol. The summed E-state index contributed by atoms with van der Waals surface area (Å²) in [6, 6.07) is 1.85. The minimum atomic E-state index is -3.70. The van der Waals surface area contributed by atoms with Crippen LogP contribution >= 0.6 is 0 Å². The molecule has 0 radical (unpaired) electrons. The number of anilines is 1. The quantitative estimate of drug-likeness (QED) is 0.727. The van der Waals surface area contributed by atoms with Gasteiger partial charge in [0.2, 0.25) is 10.0 Å². The van der Waals surface area contributed by atoms with Gasteiger partial charge in [0.25, 0.3) is 0 Å². The second-order valence-corrected chi connectivity index (χ2v) is 5.19. The lowest BCUT2D eigenvalue weighted by Gasteiger charge is -2.26. The highest BCUT2D eigenvalue weighted by Gasteiger charge is 2.31. The van der Waals surface area contributed by atoms with E-state index in [1.807, 2.05) is 0 Å². The maximum atomic E-state index is 13.2. The average Bonchev–Trinajstić information content (AvgIpc) is 2.17. The number of nitrogens with one attached hydrogen (secondary N) is 1. The van der Waals surface area contributed by atoms with Crippen LogP contribution < -0.4 is 5.32 Å². The number of hydrogen-bond acceptors (Lipinski definition) is 3. The molecule has 82 valence electrons. The smallest absolute Gasteiger partial charge is 0.246 e. The van der Waals surface area contributed by atoms with Crippen LogP contribution in [-0.2, 0) is 10.0 Å². The lowest BCUT2D eigenvalue weighted by atomic mass is 10.3. The van der Waals surface area contributed by atoms with Gasteiger partial charge >= 0.3 is 0 Å². The number of fused-ring (bicyclic) bond motifs is 1. The second-order valence-electron chi connectivity index (χ2n) is 3.17. The molecule has 0 aliphatic carbocycles. The fourth-order valence-electron chi connectivity index (χ4n) is 1.36. The molecule has 0 aromatic heterocycles. The summed E-state index contributed by atoms with van der Waals surface area (Å²) in [4.78, 5) is -0.241. The molecule has 0 bridgehead atoms. The summed E-state index contributed by atoms with van der Waals surface area (Å²) >= 11 is 0. The van der Waals surface area contributed by atoms with E-state index in [-0.39, 0.29) is 17.3 Å². The van der Waals surface area contributed by atoms with Crippen molar-refractivity contribution < 1.29 is 17.2 Å². The molecule has 7 heteroatoms. The van der Waals surface area contributed by atoms with E-state index in [2.05, 4.69) is 5.32 Å². The number of benzene rings is 1. The first-order valence-corrected chi connectivity index (χ1v) is 5.57. The highest BCUT2D eigenvalue weighted by atomic mass is 32.2. The maximum absolute atomic E-state index is 13.2. The highest BCUT2D eigenvalue weighted by Crippen LogP contribution is 2.31. The minimum Gasteiger partial charge on any atom is -0.368 e. The standard InChI is InChI=1S/C8H8F2N2O2S/c1-12-4-11-8-6(15(12,13)14)3-2-5(9)7(8)10/h2-3,11H,4H2,1H3. The monoisotopic (exact) mass is 234 g/mol. The van der Waals surface area contributed by atoms with Gasteiger partial charge in [0.05, 0.1) is 12.4 Å². The van der Waals surface area contributed by atoms with Crippen molar-refractivity contribution in [2.24, 2.45) is 0 Å². The summed E-state index contributed by atoms with van der Waals surface area (Å²) in [5.74, 6) is -2.23. The first-order chi connectivity index (χ1) is 6.94. The Bertz CT molecular complexity index is 516. The van der Waals surface area contributed by atoms with Gasteiger partial charge in [-0.3, -0.25) is 0 Å². The van der Waals surface area contributed by atoms with E-state index in [4.69, 9.17) is 0 Å². The summed E-state index contributed by atoms with van der Waals surface area (Å²) in [6.07, 6.45) is 0. The average molecular weight is 234 g/mol. The Hall–Kier alpha value is -1.21. The Kier molecular flexibility index (Phi) is 2.16. The van der Waals surface area contributed by atoms with Crippen LogP contribution in [0.15, 0.2) is 17.0 Å². The molecule has 2 rings (SSSR count). The predicted octanol–water partition coefficient (Wildman–Crippen LogP) is 0.968. The molecular formula is C8H8F2N2O2S. The van der Waals surface area contributed by atoms with Crippen LogP contribution in [-0.4, -0.2) is 26.4 Å². The SMILES string of the molecule is CN1CNc2c(ccc(F)c2F)S1(=O)=O. The van der Waals surface area contributed by atoms with Gasteiger partial charge in [0.1, 0.15) is 4.90 Å². The largest absolute Gasteiger partial charge is 0.368 e. The second kappa shape index (κ2) is 3.14. The molecule has 0 unspecified atom stereocenters. The predicted molar refractivity (Wildman–Crippen MR) is 49.8 cm³/mol. The summed E-state index contributed by atoms with van der Waals surface area (Å²) < 4.78 is 50.4. The summed E-state index contributed by atoms with van der Waals surface area (Å²) in [6.45, 7) is -0.0737.